The van der Waals surface area contributed by atoms with E-state index >= 15 is 0 Å². The molecule has 4 heterocycles. The molecule has 0 aromatic carbocycles. The average molecular weight is 625 g/mol. The lowest BCUT2D eigenvalue weighted by Gasteiger charge is -2.51. The zero-order valence-electron chi connectivity index (χ0n) is 25.6. The monoisotopic (exact) mass is 624 g/mol. The van der Waals surface area contributed by atoms with E-state index < -0.39 is 53.5 Å². The van der Waals surface area contributed by atoms with Crippen LogP contribution in [0.4, 0.5) is 5.82 Å². The summed E-state index contributed by atoms with van der Waals surface area (Å²) in [5.74, 6) is -1.15. The first-order valence-electron chi connectivity index (χ1n) is 14.5. The van der Waals surface area contributed by atoms with Gasteiger partial charge in [-0.05, 0) is 22.2 Å². The number of nitrogen functional groups attached to an aromatic ring is 1. The molecule has 16 heteroatoms. The Hall–Kier alpha value is -2.48. The van der Waals surface area contributed by atoms with Crippen molar-refractivity contribution in [3.63, 3.8) is 0 Å². The van der Waals surface area contributed by atoms with Crippen molar-refractivity contribution in [2.45, 2.75) is 115 Å². The predicted octanol–water partition coefficient (Wildman–Crippen LogP) is 3.46. The van der Waals surface area contributed by atoms with Gasteiger partial charge in [0.1, 0.15) is 24.1 Å². The number of esters is 1. The lowest BCUT2D eigenvalue weighted by molar-refractivity contribution is -0.159. The molecule has 42 heavy (non-hydrogen) atoms. The van der Waals surface area contributed by atoms with E-state index in [1.807, 2.05) is 0 Å². The molecule has 0 radical (unpaired) electrons. The number of hydrogen-bond donors (Lipinski definition) is 3. The molecule has 2 aliphatic rings. The van der Waals surface area contributed by atoms with Gasteiger partial charge >= 0.3 is 23.1 Å². The van der Waals surface area contributed by atoms with Crippen LogP contribution in [0.15, 0.2) is 12.7 Å². The molecule has 4 atom stereocenters. The zero-order chi connectivity index (χ0) is 31.0. The normalized spacial score (nSPS) is 25.5. The number of carbonyl (C=O) groups is 2. The first-order chi connectivity index (χ1) is 19.8. The molecule has 2 saturated heterocycles. The van der Waals surface area contributed by atoms with Crippen molar-refractivity contribution in [3.8, 4) is 0 Å². The molecule has 0 spiro atoms. The van der Waals surface area contributed by atoms with Crippen molar-refractivity contribution in [3.05, 3.63) is 12.7 Å². The number of amides is 1. The molecular formula is C26H44N6O8Si2. The van der Waals surface area contributed by atoms with Gasteiger partial charge < -0.3 is 28.2 Å². The Balaban J connectivity index is 1.81. The van der Waals surface area contributed by atoms with Crippen LogP contribution in [-0.4, -0.2) is 78.6 Å². The lowest BCUT2D eigenvalue weighted by Crippen LogP contribution is -2.66. The summed E-state index contributed by atoms with van der Waals surface area (Å²) in [7, 11) is -5.92. The number of ether oxygens (including phenoxy) is 2. The van der Waals surface area contributed by atoms with Gasteiger partial charge in [0.05, 0.1) is 19.4 Å². The molecule has 1 unspecified atom stereocenters. The van der Waals surface area contributed by atoms with Crippen LogP contribution in [0.2, 0.25) is 22.2 Å². The molecule has 0 bridgehead atoms. The minimum atomic E-state index is -3.08. The largest absolute Gasteiger partial charge is 0.455 e. The van der Waals surface area contributed by atoms with E-state index in [-0.39, 0.29) is 47.4 Å². The van der Waals surface area contributed by atoms with E-state index in [0.717, 1.165) is 0 Å². The maximum absolute atomic E-state index is 13.1. The van der Waals surface area contributed by atoms with E-state index in [1.165, 1.54) is 18.1 Å². The maximum Gasteiger partial charge on any atom is 0.335 e. The van der Waals surface area contributed by atoms with E-state index in [2.05, 4.69) is 70.3 Å². The summed E-state index contributed by atoms with van der Waals surface area (Å²) >= 11 is 0. The molecule has 2 aromatic heterocycles. The molecule has 2 fully saturated rings. The van der Waals surface area contributed by atoms with Crippen molar-refractivity contribution >= 4 is 46.0 Å². The van der Waals surface area contributed by atoms with Crippen LogP contribution < -0.4 is 11.2 Å². The molecule has 2 aliphatic heterocycles. The number of rotatable bonds is 9. The Bertz CT molecular complexity index is 1260. The number of carbonyl (C=O) groups excluding carboxylic acids is 2. The molecule has 0 saturated carbocycles. The molecule has 4 N–H and O–H groups in total. The Morgan fingerprint density at radius 2 is 1.69 bits per heavy atom. The maximum atomic E-state index is 13.1. The number of nitrogens with two attached hydrogens (primary N) is 1. The Morgan fingerprint density at radius 3 is 2.29 bits per heavy atom. The first-order valence-corrected chi connectivity index (χ1v) is 18.4. The van der Waals surface area contributed by atoms with Crippen LogP contribution in [0.3, 0.4) is 0 Å². The summed E-state index contributed by atoms with van der Waals surface area (Å²) < 4.78 is 35.6. The average Bonchev–Trinajstić information content (AvgIpc) is 3.48. The summed E-state index contributed by atoms with van der Waals surface area (Å²) in [5.41, 5.74) is 8.73. The Kier molecular flexibility index (Phi) is 9.76. The van der Waals surface area contributed by atoms with Crippen molar-refractivity contribution in [2.24, 2.45) is 0 Å². The number of nitrogens with zero attached hydrogens (tertiary/aromatic N) is 4. The highest BCUT2D eigenvalue weighted by Gasteiger charge is 2.62. The van der Waals surface area contributed by atoms with Gasteiger partial charge in [-0.3, -0.25) is 19.4 Å². The third-order valence-electron chi connectivity index (χ3n) is 8.23. The first kappa shape index (κ1) is 32.4. The van der Waals surface area contributed by atoms with Crippen molar-refractivity contribution < 1.29 is 37.2 Å². The number of hydroxylamine groups is 1. The van der Waals surface area contributed by atoms with Gasteiger partial charge in [0.25, 0.3) is 0 Å². The topological polar surface area (TPSA) is 182 Å². The number of hydrogen-bond acceptors (Lipinski definition) is 12. The van der Waals surface area contributed by atoms with Crippen LogP contribution in [-0.2, 0) is 32.0 Å². The van der Waals surface area contributed by atoms with Crippen LogP contribution >= 0.6 is 0 Å². The molecule has 14 nitrogen and oxygen atoms in total. The predicted molar refractivity (Wildman–Crippen MR) is 156 cm³/mol. The van der Waals surface area contributed by atoms with Gasteiger partial charge in [-0.1, -0.05) is 55.4 Å². The molecule has 2 aromatic rings. The summed E-state index contributed by atoms with van der Waals surface area (Å²) in [6.45, 7) is 17.1. The smallest absolute Gasteiger partial charge is 0.335 e. The van der Waals surface area contributed by atoms with Crippen LogP contribution in [0, 0.1) is 0 Å². The van der Waals surface area contributed by atoms with E-state index in [9.17, 15) is 9.59 Å². The second-order valence-electron chi connectivity index (χ2n) is 12.2. The standard InChI is InChI=1S/C26H44N6O8Si2/c1-14(2)41(15(3)4)36-11-18-22(39-42(40-41,16(5)6)17(7)8)23(38-20(34)10-9-19(33)31-35)26(37-18)32-13-30-21-24(27)28-12-29-25(21)32/h12-18,22-23,26,35H,9-11H2,1-8H3,(H,31,33)(H2,27,28,29)/t18-,22?,23+,26-/m1/s1. The third kappa shape index (κ3) is 5.85. The fourth-order valence-corrected chi connectivity index (χ4v) is 17.2. The molecule has 1 amide bonds. The molecular weight excluding hydrogens is 580 g/mol. The summed E-state index contributed by atoms with van der Waals surface area (Å²) in [4.78, 5) is 37.5. The molecule has 4 rings (SSSR count). The van der Waals surface area contributed by atoms with Gasteiger partial charge in [-0.25, -0.2) is 20.4 Å². The van der Waals surface area contributed by atoms with Gasteiger partial charge in [-0.2, -0.15) is 0 Å². The van der Waals surface area contributed by atoms with Crippen LogP contribution in [0.25, 0.3) is 11.2 Å². The zero-order valence-corrected chi connectivity index (χ0v) is 27.6. The van der Waals surface area contributed by atoms with Crippen LogP contribution in [0.5, 0.6) is 0 Å². The summed E-state index contributed by atoms with van der Waals surface area (Å²) in [5, 5.41) is 8.87. The number of nitrogens with one attached hydrogen (secondary N) is 1. The van der Waals surface area contributed by atoms with Gasteiger partial charge in [0.15, 0.2) is 23.8 Å². The molecule has 234 valence electrons. The quantitative estimate of drug-likeness (QED) is 0.160. The lowest BCUT2D eigenvalue weighted by atomic mass is 10.1. The minimum Gasteiger partial charge on any atom is -0.455 e. The fraction of sp³-hybridized carbons (Fsp3) is 0.731. The second-order valence-corrected chi connectivity index (χ2v) is 21.0. The fourth-order valence-electron chi connectivity index (χ4n) is 6.01. The number of imidazole rings is 1. The van der Waals surface area contributed by atoms with E-state index in [4.69, 9.17) is 33.4 Å². The summed E-state index contributed by atoms with van der Waals surface area (Å²) in [6, 6.07) is 0. The molecule has 0 aliphatic carbocycles. The highest BCUT2D eigenvalue weighted by Crippen LogP contribution is 2.49. The van der Waals surface area contributed by atoms with Crippen molar-refractivity contribution in [1.29, 1.82) is 0 Å². The Labute approximate surface area is 248 Å². The highest BCUT2D eigenvalue weighted by atomic mass is 28.5. The minimum absolute atomic E-state index is 0.0366. The SMILES string of the molecule is CC(C)[Si]1(C(C)C)OC[C@H]2O[C@@H](n3cnc4c(N)ncnc43)[C@@H](OC(=O)CCC(=O)NO)C2O[Si](C(C)C)(C(C)C)O1. The van der Waals surface area contributed by atoms with Crippen molar-refractivity contribution in [2.75, 3.05) is 12.3 Å². The number of aromatic nitrogens is 4. The van der Waals surface area contributed by atoms with Crippen molar-refractivity contribution in [1.82, 2.24) is 25.0 Å². The van der Waals surface area contributed by atoms with Gasteiger partial charge in [0, 0.05) is 6.42 Å². The van der Waals surface area contributed by atoms with Crippen LogP contribution in [0.1, 0.15) is 74.5 Å². The highest BCUT2D eigenvalue weighted by molar-refractivity contribution is 6.84. The van der Waals surface area contributed by atoms with E-state index in [0.29, 0.717) is 11.2 Å². The summed E-state index contributed by atoms with van der Waals surface area (Å²) in [6.07, 6.45) is -0.862. The van der Waals surface area contributed by atoms with E-state index in [1.54, 1.807) is 4.57 Å². The third-order valence-corrected chi connectivity index (χ3v) is 18.5. The van der Waals surface area contributed by atoms with Gasteiger partial charge in [0.2, 0.25) is 5.91 Å². The number of fused-ring (bicyclic) bond motifs is 2. The Morgan fingerprint density at radius 1 is 1.05 bits per heavy atom. The second kappa shape index (κ2) is 12.6. The van der Waals surface area contributed by atoms with Gasteiger partial charge in [-0.15, -0.1) is 0 Å². The number of anilines is 1.